The Morgan fingerprint density at radius 1 is 0.594 bits per heavy atom. The van der Waals surface area contributed by atoms with Crippen molar-refractivity contribution in [1.29, 1.82) is 0 Å². The third-order valence-corrected chi connectivity index (χ3v) is 6.03. The van der Waals surface area contributed by atoms with Gasteiger partial charge in [-0.15, -0.1) is 0 Å². The van der Waals surface area contributed by atoms with E-state index < -0.39 is 5.60 Å². The molecule has 2 nitrogen and oxygen atoms in total. The highest BCUT2D eigenvalue weighted by molar-refractivity contribution is 5.63. The Kier molecular flexibility index (Phi) is 7.16. The van der Waals surface area contributed by atoms with Gasteiger partial charge in [0.15, 0.2) is 0 Å². The highest BCUT2D eigenvalue weighted by Gasteiger charge is 2.24. The summed E-state index contributed by atoms with van der Waals surface area (Å²) in [5, 5.41) is 11.3. The molecule has 0 aliphatic rings. The fraction of sp³-hybridized carbons (Fsp3) is 0.200. The maximum Gasteiger partial charge on any atom is 0.0880 e. The van der Waals surface area contributed by atoms with E-state index in [1.807, 2.05) is 25.1 Å². The van der Waals surface area contributed by atoms with Gasteiger partial charge in [-0.2, -0.15) is 0 Å². The van der Waals surface area contributed by atoms with Gasteiger partial charge in [0.2, 0.25) is 0 Å². The molecule has 162 valence electrons. The van der Waals surface area contributed by atoms with Gasteiger partial charge in [-0.25, -0.2) is 0 Å². The second kappa shape index (κ2) is 10.4. The van der Waals surface area contributed by atoms with Gasteiger partial charge in [0.1, 0.15) is 0 Å². The summed E-state index contributed by atoms with van der Waals surface area (Å²) < 4.78 is 0. The Morgan fingerprint density at radius 3 is 1.53 bits per heavy atom. The second-order valence-electron chi connectivity index (χ2n) is 8.65. The molecule has 1 unspecified atom stereocenters. The lowest BCUT2D eigenvalue weighted by Crippen LogP contribution is -2.31. The summed E-state index contributed by atoms with van der Waals surface area (Å²) >= 11 is 0. The smallest absolute Gasteiger partial charge is 0.0880 e. The Hall–Kier alpha value is -3.20. The zero-order chi connectivity index (χ0) is 22.2. The van der Waals surface area contributed by atoms with Gasteiger partial charge in [-0.05, 0) is 41.2 Å². The predicted molar refractivity (Wildman–Crippen MR) is 133 cm³/mol. The van der Waals surface area contributed by atoms with Crippen molar-refractivity contribution in [3.05, 3.63) is 132 Å². The van der Waals surface area contributed by atoms with Crippen LogP contribution in [0.4, 0.5) is 0 Å². The van der Waals surface area contributed by atoms with Crippen LogP contribution in [0.1, 0.15) is 30.0 Å². The average Bonchev–Trinajstić information content (AvgIpc) is 2.85. The first-order valence-corrected chi connectivity index (χ1v) is 11.3. The summed E-state index contributed by atoms with van der Waals surface area (Å²) in [4.78, 5) is 2.41. The van der Waals surface area contributed by atoms with Crippen LogP contribution >= 0.6 is 0 Å². The van der Waals surface area contributed by atoms with Crippen molar-refractivity contribution in [3.63, 3.8) is 0 Å². The number of benzene rings is 4. The van der Waals surface area contributed by atoms with Gasteiger partial charge in [-0.3, -0.25) is 4.90 Å². The van der Waals surface area contributed by atoms with Crippen molar-refractivity contribution >= 4 is 0 Å². The molecule has 0 spiro atoms. The molecule has 1 N–H and O–H groups in total. The highest BCUT2D eigenvalue weighted by Crippen LogP contribution is 2.28. The summed E-state index contributed by atoms with van der Waals surface area (Å²) in [7, 11) is 0. The second-order valence-corrected chi connectivity index (χ2v) is 8.65. The molecule has 0 heterocycles. The number of rotatable bonds is 9. The van der Waals surface area contributed by atoms with Crippen molar-refractivity contribution < 1.29 is 5.11 Å². The third-order valence-electron chi connectivity index (χ3n) is 6.03. The number of nitrogens with zero attached hydrogens (tertiary/aromatic N) is 1. The SMILES string of the molecule is CC(O)(CCN(Cc1ccccc1)Cc1ccccc1)c1ccc(-c2ccccc2)cc1. The maximum atomic E-state index is 11.3. The molecule has 0 saturated heterocycles. The molecular formula is C30H31NO. The van der Waals surface area contributed by atoms with Crippen LogP contribution in [-0.4, -0.2) is 16.6 Å². The molecule has 4 rings (SSSR count). The minimum absolute atomic E-state index is 0.664. The van der Waals surface area contributed by atoms with E-state index in [1.54, 1.807) is 0 Å². The van der Waals surface area contributed by atoms with Crippen LogP contribution in [0.5, 0.6) is 0 Å². The van der Waals surface area contributed by atoms with E-state index in [9.17, 15) is 5.11 Å². The Labute approximate surface area is 191 Å². The van der Waals surface area contributed by atoms with E-state index in [1.165, 1.54) is 22.3 Å². The topological polar surface area (TPSA) is 23.5 Å². The number of hydrogen-bond acceptors (Lipinski definition) is 2. The van der Waals surface area contributed by atoms with Gasteiger partial charge in [-0.1, -0.05) is 115 Å². The highest BCUT2D eigenvalue weighted by atomic mass is 16.3. The molecule has 4 aromatic rings. The van der Waals surface area contributed by atoms with Gasteiger partial charge in [0, 0.05) is 19.6 Å². The summed E-state index contributed by atoms with van der Waals surface area (Å²) in [5.74, 6) is 0. The number of aliphatic hydroxyl groups is 1. The zero-order valence-corrected chi connectivity index (χ0v) is 18.7. The molecule has 0 bridgehead atoms. The maximum absolute atomic E-state index is 11.3. The molecule has 0 amide bonds. The Balaban J connectivity index is 1.45. The number of hydrogen-bond donors (Lipinski definition) is 1. The first-order chi connectivity index (χ1) is 15.6. The third kappa shape index (κ3) is 5.94. The lowest BCUT2D eigenvalue weighted by molar-refractivity contribution is 0.0338. The van der Waals surface area contributed by atoms with Crippen LogP contribution in [-0.2, 0) is 18.7 Å². The van der Waals surface area contributed by atoms with Crippen molar-refractivity contribution in [2.45, 2.75) is 32.0 Å². The van der Waals surface area contributed by atoms with E-state index in [2.05, 4.69) is 102 Å². The summed E-state index contributed by atoms with van der Waals surface area (Å²) in [6.07, 6.45) is 0.664. The molecule has 2 heteroatoms. The summed E-state index contributed by atoms with van der Waals surface area (Å²) in [6.45, 7) is 4.45. The van der Waals surface area contributed by atoms with E-state index in [-0.39, 0.29) is 0 Å². The van der Waals surface area contributed by atoms with Crippen molar-refractivity contribution in [3.8, 4) is 11.1 Å². The fourth-order valence-corrected chi connectivity index (χ4v) is 4.07. The molecule has 0 aromatic heterocycles. The lowest BCUT2D eigenvalue weighted by Gasteiger charge is -2.29. The first-order valence-electron chi connectivity index (χ1n) is 11.3. The average molecular weight is 422 g/mol. The standard InChI is InChI=1S/C30H31NO/c1-30(32,29-19-17-28(18-20-29)27-15-9-4-10-16-27)21-22-31(23-25-11-5-2-6-12-25)24-26-13-7-3-8-14-26/h2-20,32H,21-24H2,1H3. The van der Waals surface area contributed by atoms with Crippen LogP contribution in [0.2, 0.25) is 0 Å². The Bertz CT molecular complexity index is 1030. The predicted octanol–water partition coefficient (Wildman–Crippen LogP) is 6.65. The molecule has 4 aromatic carbocycles. The van der Waals surface area contributed by atoms with Gasteiger partial charge in [0.05, 0.1) is 5.60 Å². The van der Waals surface area contributed by atoms with Crippen LogP contribution in [0, 0.1) is 0 Å². The summed E-state index contributed by atoms with van der Waals surface area (Å²) in [6, 6.07) is 39.8. The van der Waals surface area contributed by atoms with E-state index in [0.717, 1.165) is 25.2 Å². The van der Waals surface area contributed by atoms with E-state index in [4.69, 9.17) is 0 Å². The largest absolute Gasteiger partial charge is 0.385 e. The molecule has 32 heavy (non-hydrogen) atoms. The first kappa shape index (κ1) is 22.0. The van der Waals surface area contributed by atoms with Crippen LogP contribution in [0.15, 0.2) is 115 Å². The normalized spacial score (nSPS) is 13.1. The molecule has 0 aliphatic carbocycles. The summed E-state index contributed by atoms with van der Waals surface area (Å²) in [5.41, 5.74) is 5.00. The monoisotopic (exact) mass is 421 g/mol. The van der Waals surface area contributed by atoms with Crippen LogP contribution < -0.4 is 0 Å². The minimum Gasteiger partial charge on any atom is -0.385 e. The quantitative estimate of drug-likeness (QED) is 0.327. The molecular weight excluding hydrogens is 390 g/mol. The lowest BCUT2D eigenvalue weighted by atomic mass is 9.90. The van der Waals surface area contributed by atoms with Crippen LogP contribution in [0.25, 0.3) is 11.1 Å². The van der Waals surface area contributed by atoms with Gasteiger partial charge < -0.3 is 5.11 Å². The van der Waals surface area contributed by atoms with E-state index in [0.29, 0.717) is 6.42 Å². The van der Waals surface area contributed by atoms with Gasteiger partial charge in [0.25, 0.3) is 0 Å². The van der Waals surface area contributed by atoms with E-state index >= 15 is 0 Å². The van der Waals surface area contributed by atoms with Crippen LogP contribution in [0.3, 0.4) is 0 Å². The minimum atomic E-state index is -0.888. The van der Waals surface area contributed by atoms with Crippen molar-refractivity contribution in [1.82, 2.24) is 4.90 Å². The molecule has 0 aliphatic heterocycles. The zero-order valence-electron chi connectivity index (χ0n) is 18.7. The van der Waals surface area contributed by atoms with Crippen molar-refractivity contribution in [2.75, 3.05) is 6.54 Å². The molecule has 0 radical (unpaired) electrons. The van der Waals surface area contributed by atoms with Gasteiger partial charge >= 0.3 is 0 Å². The molecule has 1 atom stereocenters. The fourth-order valence-electron chi connectivity index (χ4n) is 4.07. The molecule has 0 fully saturated rings. The Morgan fingerprint density at radius 2 is 1.03 bits per heavy atom. The van der Waals surface area contributed by atoms with Crippen molar-refractivity contribution in [2.24, 2.45) is 0 Å². The molecule has 0 saturated carbocycles.